The first-order chi connectivity index (χ1) is 17.5. The predicted molar refractivity (Wildman–Crippen MR) is 141 cm³/mol. The molecule has 0 amide bonds. The van der Waals surface area contributed by atoms with Gasteiger partial charge in [-0.05, 0) is 43.4 Å². The average Bonchev–Trinajstić information content (AvgIpc) is 2.86. The zero-order valence-corrected chi connectivity index (χ0v) is 22.9. The molecule has 1 aliphatic heterocycles. The van der Waals surface area contributed by atoms with Crippen LogP contribution in [-0.4, -0.2) is 68.7 Å². The normalized spacial score (nSPS) is 19.0. The molecule has 0 aliphatic carbocycles. The predicted octanol–water partition coefficient (Wildman–Crippen LogP) is 4.78. The standard InChI is InChI=1S/C27H47O8P/c1-2-3-4-5-6-7-8-9-12-24-13-14-26(27(21-24)36(28,29)30)35-23-25-22-33-17-10-15-31-19-20-32-16-11-18-34-25/h13-14,21,25H,2-12,15-20,22-23H2,1H3,(H2,28,29,30). The van der Waals surface area contributed by atoms with E-state index in [1.807, 2.05) is 6.07 Å². The molecule has 36 heavy (non-hydrogen) atoms. The van der Waals surface area contributed by atoms with Crippen LogP contribution in [-0.2, 0) is 29.9 Å². The quantitative estimate of drug-likeness (QED) is 0.277. The van der Waals surface area contributed by atoms with Gasteiger partial charge < -0.3 is 33.5 Å². The summed E-state index contributed by atoms with van der Waals surface area (Å²) in [5.74, 6) is 0.197. The van der Waals surface area contributed by atoms with Crippen LogP contribution in [0.5, 0.6) is 5.75 Å². The molecule has 1 saturated heterocycles. The highest BCUT2D eigenvalue weighted by molar-refractivity contribution is 7.60. The van der Waals surface area contributed by atoms with Gasteiger partial charge in [0, 0.05) is 26.4 Å². The SMILES string of the molecule is CCCCCCCCCCc1ccc(OCC2COCCCOCCOCCCO2)c(P(=O)(O)O)c1. The molecule has 1 aromatic rings. The van der Waals surface area contributed by atoms with Crippen LogP contribution in [0.3, 0.4) is 0 Å². The van der Waals surface area contributed by atoms with Crippen molar-refractivity contribution < 1.29 is 38.0 Å². The van der Waals surface area contributed by atoms with E-state index in [1.165, 1.54) is 38.5 Å². The molecule has 0 radical (unpaired) electrons. The molecule has 2 rings (SSSR count). The summed E-state index contributed by atoms with van der Waals surface area (Å²) in [6, 6.07) is 5.17. The fourth-order valence-corrected chi connectivity index (χ4v) is 4.83. The third kappa shape index (κ3) is 14.1. The lowest BCUT2D eigenvalue weighted by Gasteiger charge is -2.21. The highest BCUT2D eigenvalue weighted by Crippen LogP contribution is 2.38. The summed E-state index contributed by atoms with van der Waals surface area (Å²) in [5, 5.41) is -0.0630. The van der Waals surface area contributed by atoms with Crippen molar-refractivity contribution in [1.82, 2.24) is 0 Å². The van der Waals surface area contributed by atoms with Crippen molar-refractivity contribution in [2.24, 2.45) is 0 Å². The maximum atomic E-state index is 12.2. The summed E-state index contributed by atoms with van der Waals surface area (Å²) in [4.78, 5) is 19.9. The van der Waals surface area contributed by atoms with E-state index in [0.717, 1.165) is 37.7 Å². The van der Waals surface area contributed by atoms with Crippen LogP contribution < -0.4 is 10.0 Å². The number of benzene rings is 1. The van der Waals surface area contributed by atoms with E-state index in [0.29, 0.717) is 46.2 Å². The van der Waals surface area contributed by atoms with E-state index in [2.05, 4.69) is 6.92 Å². The molecule has 1 heterocycles. The second kappa shape index (κ2) is 19.1. The zero-order chi connectivity index (χ0) is 25.9. The average molecular weight is 531 g/mol. The second-order valence-corrected chi connectivity index (χ2v) is 11.0. The van der Waals surface area contributed by atoms with E-state index in [1.54, 1.807) is 12.1 Å². The number of hydrogen-bond acceptors (Lipinski definition) is 6. The number of ether oxygens (including phenoxy) is 5. The monoisotopic (exact) mass is 530 g/mol. The van der Waals surface area contributed by atoms with Gasteiger partial charge in [-0.1, -0.05) is 57.9 Å². The highest BCUT2D eigenvalue weighted by Gasteiger charge is 2.24. The molecule has 9 heteroatoms. The third-order valence-electron chi connectivity index (χ3n) is 6.12. The maximum Gasteiger partial charge on any atom is 0.359 e. The number of rotatable bonds is 13. The van der Waals surface area contributed by atoms with Crippen LogP contribution in [0.15, 0.2) is 18.2 Å². The maximum absolute atomic E-state index is 12.2. The van der Waals surface area contributed by atoms with Crippen molar-refractivity contribution in [1.29, 1.82) is 0 Å². The lowest BCUT2D eigenvalue weighted by molar-refractivity contribution is -0.0515. The van der Waals surface area contributed by atoms with Crippen LogP contribution >= 0.6 is 7.60 Å². The molecule has 1 unspecified atom stereocenters. The summed E-state index contributed by atoms with van der Waals surface area (Å²) < 4.78 is 40.7. The van der Waals surface area contributed by atoms with Gasteiger partial charge in [0.2, 0.25) is 0 Å². The van der Waals surface area contributed by atoms with Gasteiger partial charge in [-0.2, -0.15) is 0 Å². The molecular formula is C27H47O8P. The molecule has 1 aliphatic rings. The summed E-state index contributed by atoms with van der Waals surface area (Å²) in [7, 11) is -4.49. The molecule has 1 atom stereocenters. The zero-order valence-electron chi connectivity index (χ0n) is 22.0. The Kier molecular flexibility index (Phi) is 16.6. The van der Waals surface area contributed by atoms with Crippen molar-refractivity contribution in [3.05, 3.63) is 23.8 Å². The van der Waals surface area contributed by atoms with Crippen LogP contribution in [0, 0.1) is 0 Å². The molecule has 1 aromatic carbocycles. The minimum absolute atomic E-state index is 0.0630. The Morgan fingerprint density at radius 1 is 0.861 bits per heavy atom. The van der Waals surface area contributed by atoms with Gasteiger partial charge in [-0.15, -0.1) is 0 Å². The molecule has 2 N–H and O–H groups in total. The second-order valence-electron chi connectivity index (χ2n) is 9.38. The van der Waals surface area contributed by atoms with Crippen molar-refractivity contribution in [3.63, 3.8) is 0 Å². The van der Waals surface area contributed by atoms with Crippen molar-refractivity contribution in [2.75, 3.05) is 52.9 Å². The van der Waals surface area contributed by atoms with Crippen LogP contribution in [0.2, 0.25) is 0 Å². The first-order valence-electron chi connectivity index (χ1n) is 13.7. The third-order valence-corrected chi connectivity index (χ3v) is 7.10. The summed E-state index contributed by atoms with van der Waals surface area (Å²) >= 11 is 0. The van der Waals surface area contributed by atoms with Crippen molar-refractivity contribution in [2.45, 2.75) is 83.7 Å². The van der Waals surface area contributed by atoms with Gasteiger partial charge in [-0.3, -0.25) is 4.57 Å². The Morgan fingerprint density at radius 2 is 1.50 bits per heavy atom. The number of hydrogen-bond donors (Lipinski definition) is 2. The molecule has 0 spiro atoms. The molecule has 208 valence electrons. The van der Waals surface area contributed by atoms with Crippen LogP contribution in [0.1, 0.15) is 76.7 Å². The Labute approximate surface area is 217 Å². The summed E-state index contributed by atoms with van der Waals surface area (Å²) in [6.45, 7) is 6.07. The van der Waals surface area contributed by atoms with Crippen molar-refractivity contribution in [3.8, 4) is 5.75 Å². The molecule has 8 nitrogen and oxygen atoms in total. The van der Waals surface area contributed by atoms with Gasteiger partial charge in [0.1, 0.15) is 23.8 Å². The van der Waals surface area contributed by atoms with Gasteiger partial charge in [0.15, 0.2) is 0 Å². The van der Waals surface area contributed by atoms with Crippen molar-refractivity contribution >= 4 is 12.9 Å². The topological polar surface area (TPSA) is 104 Å². The smallest absolute Gasteiger partial charge is 0.359 e. The van der Waals surface area contributed by atoms with Gasteiger partial charge in [-0.25, -0.2) is 0 Å². The van der Waals surface area contributed by atoms with Crippen LogP contribution in [0.25, 0.3) is 0 Å². The minimum Gasteiger partial charge on any atom is -0.490 e. The van der Waals surface area contributed by atoms with Gasteiger partial charge in [0.25, 0.3) is 0 Å². The molecule has 0 aromatic heterocycles. The van der Waals surface area contributed by atoms with Gasteiger partial charge in [0.05, 0.1) is 19.8 Å². The number of unbranched alkanes of at least 4 members (excludes halogenated alkanes) is 7. The Balaban J connectivity index is 1.86. The van der Waals surface area contributed by atoms with E-state index in [9.17, 15) is 14.4 Å². The summed E-state index contributed by atoms with van der Waals surface area (Å²) in [5.41, 5.74) is 0.923. The van der Waals surface area contributed by atoms with E-state index >= 15 is 0 Å². The Bertz CT molecular complexity index is 724. The first kappa shape index (κ1) is 31.2. The summed E-state index contributed by atoms with van der Waals surface area (Å²) in [6.07, 6.45) is 11.7. The van der Waals surface area contributed by atoms with Gasteiger partial charge >= 0.3 is 7.60 Å². The lowest BCUT2D eigenvalue weighted by Crippen LogP contribution is -2.29. The number of aryl methyl sites for hydroxylation is 1. The molecule has 1 fully saturated rings. The Morgan fingerprint density at radius 3 is 2.19 bits per heavy atom. The lowest BCUT2D eigenvalue weighted by atomic mass is 10.0. The highest BCUT2D eigenvalue weighted by atomic mass is 31.2. The molecule has 0 bridgehead atoms. The minimum atomic E-state index is -4.49. The largest absolute Gasteiger partial charge is 0.490 e. The fourth-order valence-electron chi connectivity index (χ4n) is 4.07. The van der Waals surface area contributed by atoms with Crippen LogP contribution in [0.4, 0.5) is 0 Å². The molecular weight excluding hydrogens is 483 g/mol. The van der Waals surface area contributed by atoms with E-state index in [-0.39, 0.29) is 23.8 Å². The fraction of sp³-hybridized carbons (Fsp3) is 0.778. The Hall–Kier alpha value is -0.990. The van der Waals surface area contributed by atoms with E-state index in [4.69, 9.17) is 23.7 Å². The molecule has 0 saturated carbocycles. The first-order valence-corrected chi connectivity index (χ1v) is 15.3. The van der Waals surface area contributed by atoms with E-state index < -0.39 is 7.60 Å².